The van der Waals surface area contributed by atoms with Crippen LogP contribution in [0.1, 0.15) is 26.3 Å². The third-order valence-corrected chi connectivity index (χ3v) is 2.65. The van der Waals surface area contributed by atoms with Crippen LogP contribution in [0.5, 0.6) is 0 Å². The van der Waals surface area contributed by atoms with E-state index in [1.54, 1.807) is 6.08 Å². The van der Waals surface area contributed by atoms with E-state index in [1.807, 2.05) is 20.8 Å². The van der Waals surface area contributed by atoms with Crippen LogP contribution in [-0.2, 0) is 0 Å². The molecule has 0 amide bonds. The van der Waals surface area contributed by atoms with Crippen molar-refractivity contribution in [2.45, 2.75) is 20.8 Å². The molecule has 0 saturated carbocycles. The normalized spacial score (nSPS) is 12.2. The van der Waals surface area contributed by atoms with Gasteiger partial charge in [0.1, 0.15) is 11.6 Å². The lowest BCUT2D eigenvalue weighted by atomic mass is 10.00. The molecule has 1 rings (SSSR count). The molecule has 0 aliphatic rings. The minimum atomic E-state index is -0.514. The Morgan fingerprint density at radius 3 is 2.35 bits per heavy atom. The van der Waals surface area contributed by atoms with E-state index in [1.165, 1.54) is 18.2 Å². The summed E-state index contributed by atoms with van der Waals surface area (Å²) in [5.41, 5.74) is 1.05. The highest BCUT2D eigenvalue weighted by molar-refractivity contribution is 5.55. The number of benzene rings is 1. The van der Waals surface area contributed by atoms with E-state index in [9.17, 15) is 8.78 Å². The molecule has 0 bridgehead atoms. The standard InChI is InChI=1S/C14H19F2N/c1-4-17-9-11(10(2)3)8-12-13(15)6-5-7-14(12)16/h5-8,10,17H,4,9H2,1-3H3. The summed E-state index contributed by atoms with van der Waals surface area (Å²) in [5, 5.41) is 3.18. The summed E-state index contributed by atoms with van der Waals surface area (Å²) in [4.78, 5) is 0. The van der Waals surface area contributed by atoms with Gasteiger partial charge in [-0.2, -0.15) is 0 Å². The summed E-state index contributed by atoms with van der Waals surface area (Å²) >= 11 is 0. The second-order valence-electron chi connectivity index (χ2n) is 4.29. The third-order valence-electron chi connectivity index (χ3n) is 2.65. The van der Waals surface area contributed by atoms with Gasteiger partial charge in [-0.1, -0.05) is 32.4 Å². The molecule has 0 radical (unpaired) electrons. The summed E-state index contributed by atoms with van der Waals surface area (Å²) in [6.45, 7) is 7.53. The molecule has 0 unspecified atom stereocenters. The lowest BCUT2D eigenvalue weighted by Gasteiger charge is -2.12. The smallest absolute Gasteiger partial charge is 0.133 e. The van der Waals surface area contributed by atoms with E-state index in [0.717, 1.165) is 12.1 Å². The molecule has 0 atom stereocenters. The van der Waals surface area contributed by atoms with E-state index >= 15 is 0 Å². The largest absolute Gasteiger partial charge is 0.313 e. The van der Waals surface area contributed by atoms with Crippen LogP contribution in [0.15, 0.2) is 23.8 Å². The lowest BCUT2D eigenvalue weighted by Crippen LogP contribution is -2.18. The van der Waals surface area contributed by atoms with Crippen LogP contribution in [0.2, 0.25) is 0 Å². The van der Waals surface area contributed by atoms with Crippen molar-refractivity contribution in [3.05, 3.63) is 41.0 Å². The molecule has 3 heteroatoms. The molecule has 0 aromatic heterocycles. The van der Waals surface area contributed by atoms with Crippen LogP contribution in [0.3, 0.4) is 0 Å². The number of hydrogen-bond acceptors (Lipinski definition) is 1. The van der Waals surface area contributed by atoms with Crippen molar-refractivity contribution in [3.63, 3.8) is 0 Å². The fraction of sp³-hybridized carbons (Fsp3) is 0.429. The molecular weight excluding hydrogens is 220 g/mol. The highest BCUT2D eigenvalue weighted by Gasteiger charge is 2.09. The van der Waals surface area contributed by atoms with Crippen LogP contribution in [0.25, 0.3) is 6.08 Å². The molecule has 94 valence electrons. The molecule has 0 fully saturated rings. The SMILES string of the molecule is CCNCC(=Cc1c(F)cccc1F)C(C)C. The van der Waals surface area contributed by atoms with E-state index < -0.39 is 11.6 Å². The van der Waals surface area contributed by atoms with Gasteiger partial charge in [-0.15, -0.1) is 0 Å². The number of likely N-dealkylation sites (N-methyl/N-ethyl adjacent to an activating group) is 1. The van der Waals surface area contributed by atoms with Crippen LogP contribution >= 0.6 is 0 Å². The average molecular weight is 239 g/mol. The monoisotopic (exact) mass is 239 g/mol. The highest BCUT2D eigenvalue weighted by atomic mass is 19.1. The van der Waals surface area contributed by atoms with Crippen LogP contribution < -0.4 is 5.32 Å². The highest BCUT2D eigenvalue weighted by Crippen LogP contribution is 2.19. The number of halogens is 2. The lowest BCUT2D eigenvalue weighted by molar-refractivity contribution is 0.577. The average Bonchev–Trinajstić information content (AvgIpc) is 2.27. The minimum absolute atomic E-state index is 0.0501. The summed E-state index contributed by atoms with van der Waals surface area (Å²) in [6.07, 6.45) is 1.61. The Hall–Kier alpha value is -1.22. The molecule has 17 heavy (non-hydrogen) atoms. The van der Waals surface area contributed by atoms with Gasteiger partial charge in [0.05, 0.1) is 0 Å². The van der Waals surface area contributed by atoms with Crippen LogP contribution in [0, 0.1) is 17.6 Å². The predicted octanol–water partition coefficient (Wildman–Crippen LogP) is 3.61. The Bertz CT molecular complexity index is 377. The van der Waals surface area contributed by atoms with Crippen LogP contribution in [0.4, 0.5) is 8.78 Å². The fourth-order valence-corrected chi connectivity index (χ4v) is 1.53. The fourth-order valence-electron chi connectivity index (χ4n) is 1.53. The Morgan fingerprint density at radius 2 is 1.88 bits per heavy atom. The first kappa shape index (κ1) is 13.8. The number of rotatable bonds is 5. The van der Waals surface area contributed by atoms with Gasteiger partial charge in [-0.25, -0.2) is 8.78 Å². The molecular formula is C14H19F2N. The Morgan fingerprint density at radius 1 is 1.29 bits per heavy atom. The van der Waals surface area contributed by atoms with Gasteiger partial charge in [0.15, 0.2) is 0 Å². The van der Waals surface area contributed by atoms with Gasteiger partial charge in [0.25, 0.3) is 0 Å². The maximum atomic E-state index is 13.5. The molecule has 1 aromatic rings. The van der Waals surface area contributed by atoms with Crippen molar-refractivity contribution in [1.29, 1.82) is 0 Å². The topological polar surface area (TPSA) is 12.0 Å². The van der Waals surface area contributed by atoms with Gasteiger partial charge in [0, 0.05) is 12.1 Å². The Balaban J connectivity index is 3.04. The summed E-state index contributed by atoms with van der Waals surface area (Å²) in [5.74, 6) is -0.771. The van der Waals surface area contributed by atoms with Gasteiger partial charge >= 0.3 is 0 Å². The number of hydrogen-bond donors (Lipinski definition) is 1. The van der Waals surface area contributed by atoms with E-state index in [0.29, 0.717) is 6.54 Å². The zero-order valence-corrected chi connectivity index (χ0v) is 10.6. The van der Waals surface area contributed by atoms with Crippen molar-refractivity contribution in [1.82, 2.24) is 5.32 Å². The molecule has 1 aromatic carbocycles. The zero-order chi connectivity index (χ0) is 12.8. The van der Waals surface area contributed by atoms with Crippen LogP contribution in [-0.4, -0.2) is 13.1 Å². The molecule has 1 N–H and O–H groups in total. The van der Waals surface area contributed by atoms with Crippen molar-refractivity contribution >= 4 is 6.08 Å². The van der Waals surface area contributed by atoms with E-state index in [4.69, 9.17) is 0 Å². The van der Waals surface area contributed by atoms with Gasteiger partial charge in [-0.3, -0.25) is 0 Å². The first-order chi connectivity index (χ1) is 8.06. The maximum Gasteiger partial charge on any atom is 0.133 e. The predicted molar refractivity (Wildman–Crippen MR) is 67.7 cm³/mol. The summed E-state index contributed by atoms with van der Waals surface area (Å²) in [6, 6.07) is 3.93. The van der Waals surface area contributed by atoms with Crippen molar-refractivity contribution in [2.75, 3.05) is 13.1 Å². The summed E-state index contributed by atoms with van der Waals surface area (Å²) < 4.78 is 27.0. The first-order valence-electron chi connectivity index (χ1n) is 5.91. The minimum Gasteiger partial charge on any atom is -0.313 e. The maximum absolute atomic E-state index is 13.5. The van der Waals surface area contributed by atoms with Gasteiger partial charge < -0.3 is 5.32 Å². The second kappa shape index (κ2) is 6.50. The molecule has 0 saturated heterocycles. The molecule has 1 nitrogen and oxygen atoms in total. The van der Waals surface area contributed by atoms with Crippen molar-refractivity contribution in [3.8, 4) is 0 Å². The van der Waals surface area contributed by atoms with Crippen molar-refractivity contribution in [2.24, 2.45) is 5.92 Å². The van der Waals surface area contributed by atoms with Crippen molar-refractivity contribution < 1.29 is 8.78 Å². The second-order valence-corrected chi connectivity index (χ2v) is 4.29. The molecule has 0 heterocycles. The molecule has 0 spiro atoms. The first-order valence-corrected chi connectivity index (χ1v) is 5.91. The van der Waals surface area contributed by atoms with Gasteiger partial charge in [0.2, 0.25) is 0 Å². The zero-order valence-electron chi connectivity index (χ0n) is 10.6. The molecule has 0 aliphatic carbocycles. The quantitative estimate of drug-likeness (QED) is 0.827. The van der Waals surface area contributed by atoms with Gasteiger partial charge in [-0.05, 0) is 30.7 Å². The Kier molecular flexibility index (Phi) is 5.29. The number of nitrogens with one attached hydrogen (secondary N) is 1. The van der Waals surface area contributed by atoms with E-state index in [2.05, 4.69) is 5.32 Å². The molecule has 0 aliphatic heterocycles. The van der Waals surface area contributed by atoms with E-state index in [-0.39, 0.29) is 11.5 Å². The summed E-state index contributed by atoms with van der Waals surface area (Å²) in [7, 11) is 0. The Labute approximate surface area is 102 Å². The third kappa shape index (κ3) is 3.93.